The average molecular weight is 222 g/mol. The van der Waals surface area contributed by atoms with Crippen LogP contribution in [-0.4, -0.2) is 12.1 Å². The predicted octanol–water partition coefficient (Wildman–Crippen LogP) is 2.17. The molecule has 0 saturated heterocycles. The molecule has 1 fully saturated rings. The second-order valence-electron chi connectivity index (χ2n) is 3.67. The van der Waals surface area contributed by atoms with Crippen LogP contribution in [0.15, 0.2) is 17.2 Å². The van der Waals surface area contributed by atoms with Crippen LogP contribution in [0, 0.1) is 5.92 Å². The van der Waals surface area contributed by atoms with Crippen LogP contribution < -0.4 is 5.43 Å². The van der Waals surface area contributed by atoms with E-state index in [-0.39, 0.29) is 11.8 Å². The molecule has 1 N–H and O–H groups in total. The molecule has 0 unspecified atom stereocenters. The predicted molar refractivity (Wildman–Crippen MR) is 62.2 cm³/mol. The molecule has 1 heterocycles. The van der Waals surface area contributed by atoms with Crippen LogP contribution in [0.5, 0.6) is 0 Å². The quantitative estimate of drug-likeness (QED) is 0.615. The molecule has 1 aliphatic carbocycles. The van der Waals surface area contributed by atoms with Crippen LogP contribution in [0.4, 0.5) is 0 Å². The highest BCUT2D eigenvalue weighted by molar-refractivity contribution is 7.13. The van der Waals surface area contributed by atoms with E-state index in [4.69, 9.17) is 0 Å². The molecule has 15 heavy (non-hydrogen) atoms. The highest BCUT2D eigenvalue weighted by Gasteiger charge is 2.29. The summed E-state index contributed by atoms with van der Waals surface area (Å²) in [7, 11) is 0. The summed E-state index contributed by atoms with van der Waals surface area (Å²) in [6.07, 6.45) is 4.79. The summed E-state index contributed by atoms with van der Waals surface area (Å²) < 4.78 is 0. The lowest BCUT2D eigenvalue weighted by atomic mass is 10.4. The van der Waals surface area contributed by atoms with Gasteiger partial charge < -0.3 is 0 Å². The van der Waals surface area contributed by atoms with E-state index in [2.05, 4.69) is 23.5 Å². The van der Waals surface area contributed by atoms with E-state index in [1.165, 1.54) is 4.88 Å². The average Bonchev–Trinajstić information content (AvgIpc) is 2.99. The number of hydrogen-bond donors (Lipinski definition) is 1. The molecule has 0 spiro atoms. The van der Waals surface area contributed by atoms with Gasteiger partial charge in [0.15, 0.2) is 0 Å². The Balaban J connectivity index is 1.84. The molecule has 1 aliphatic rings. The van der Waals surface area contributed by atoms with Crippen molar-refractivity contribution in [2.75, 3.05) is 0 Å². The normalized spacial score (nSPS) is 15.8. The van der Waals surface area contributed by atoms with Crippen molar-refractivity contribution in [2.45, 2.75) is 26.2 Å². The van der Waals surface area contributed by atoms with Crippen molar-refractivity contribution >= 4 is 23.5 Å². The molecule has 2 rings (SSSR count). The van der Waals surface area contributed by atoms with Gasteiger partial charge in [-0.15, -0.1) is 11.3 Å². The number of carbonyl (C=O) groups is 1. The first-order valence-corrected chi connectivity index (χ1v) is 6.03. The number of hydrazone groups is 1. The number of hydrogen-bond acceptors (Lipinski definition) is 3. The fraction of sp³-hybridized carbons (Fsp3) is 0.455. The lowest BCUT2D eigenvalue weighted by molar-refractivity contribution is -0.122. The molecular weight excluding hydrogens is 208 g/mol. The van der Waals surface area contributed by atoms with Gasteiger partial charge in [-0.2, -0.15) is 5.10 Å². The minimum Gasteiger partial charge on any atom is -0.273 e. The monoisotopic (exact) mass is 222 g/mol. The van der Waals surface area contributed by atoms with Crippen LogP contribution in [0.2, 0.25) is 0 Å². The summed E-state index contributed by atoms with van der Waals surface area (Å²) in [5.74, 6) is 0.273. The van der Waals surface area contributed by atoms with Gasteiger partial charge in [-0.05, 0) is 31.4 Å². The fourth-order valence-electron chi connectivity index (χ4n) is 1.25. The first-order valence-electron chi connectivity index (χ1n) is 5.21. The molecule has 1 aromatic heterocycles. The first kappa shape index (κ1) is 10.4. The Labute approximate surface area is 93.2 Å². The van der Waals surface area contributed by atoms with Crippen LogP contribution in [0.3, 0.4) is 0 Å². The molecule has 3 nitrogen and oxygen atoms in total. The number of rotatable bonds is 4. The maximum Gasteiger partial charge on any atom is 0.243 e. The maximum absolute atomic E-state index is 11.2. The summed E-state index contributed by atoms with van der Waals surface area (Å²) in [6.45, 7) is 2.13. The SMILES string of the molecule is CCc1ccc(/C=N/NC(=O)C2CC2)s1. The minimum atomic E-state index is 0.0542. The van der Waals surface area contributed by atoms with Crippen molar-refractivity contribution in [3.05, 3.63) is 21.9 Å². The molecule has 0 atom stereocenters. The van der Waals surface area contributed by atoms with Gasteiger partial charge in [-0.1, -0.05) is 6.92 Å². The smallest absolute Gasteiger partial charge is 0.243 e. The van der Waals surface area contributed by atoms with Gasteiger partial charge in [0.05, 0.1) is 6.21 Å². The van der Waals surface area contributed by atoms with E-state index in [0.29, 0.717) is 0 Å². The zero-order chi connectivity index (χ0) is 10.7. The summed E-state index contributed by atoms with van der Waals surface area (Å²) in [6, 6.07) is 4.12. The first-order chi connectivity index (χ1) is 7.29. The molecule has 80 valence electrons. The number of nitrogens with zero attached hydrogens (tertiary/aromatic N) is 1. The van der Waals surface area contributed by atoms with Crippen molar-refractivity contribution < 1.29 is 4.79 Å². The second kappa shape index (κ2) is 4.57. The van der Waals surface area contributed by atoms with Gasteiger partial charge in [0.1, 0.15) is 0 Å². The molecule has 0 aliphatic heterocycles. The van der Waals surface area contributed by atoms with Crippen LogP contribution >= 0.6 is 11.3 Å². The lowest BCUT2D eigenvalue weighted by Crippen LogP contribution is -2.18. The van der Waals surface area contributed by atoms with Gasteiger partial charge in [0.2, 0.25) is 5.91 Å². The van der Waals surface area contributed by atoms with E-state index in [1.54, 1.807) is 17.6 Å². The molecule has 1 amide bonds. The molecule has 0 radical (unpaired) electrons. The Bertz CT molecular complexity index is 380. The largest absolute Gasteiger partial charge is 0.273 e. The van der Waals surface area contributed by atoms with Crippen LogP contribution in [-0.2, 0) is 11.2 Å². The molecule has 4 heteroatoms. The summed E-state index contributed by atoms with van der Waals surface area (Å²) in [5.41, 5.74) is 2.56. The van der Waals surface area contributed by atoms with Crippen molar-refractivity contribution in [3.63, 3.8) is 0 Å². The molecule has 1 saturated carbocycles. The van der Waals surface area contributed by atoms with Crippen molar-refractivity contribution in [2.24, 2.45) is 11.0 Å². The fourth-order valence-corrected chi connectivity index (χ4v) is 2.07. The number of carbonyl (C=O) groups excluding carboxylic acids is 1. The van der Waals surface area contributed by atoms with Gasteiger partial charge >= 0.3 is 0 Å². The number of amides is 1. The van der Waals surface area contributed by atoms with Gasteiger partial charge in [0, 0.05) is 15.7 Å². The summed E-state index contributed by atoms with van der Waals surface area (Å²) in [4.78, 5) is 13.7. The van der Waals surface area contributed by atoms with Crippen LogP contribution in [0.25, 0.3) is 0 Å². The highest BCUT2D eigenvalue weighted by Crippen LogP contribution is 2.28. The van der Waals surface area contributed by atoms with Crippen molar-refractivity contribution in [1.82, 2.24) is 5.43 Å². The minimum absolute atomic E-state index is 0.0542. The Kier molecular flexibility index (Phi) is 3.16. The van der Waals surface area contributed by atoms with Gasteiger partial charge in [-0.3, -0.25) is 4.79 Å². The number of nitrogens with one attached hydrogen (secondary N) is 1. The zero-order valence-electron chi connectivity index (χ0n) is 8.69. The molecule has 1 aromatic rings. The third kappa shape index (κ3) is 2.89. The Hall–Kier alpha value is -1.16. The summed E-state index contributed by atoms with van der Waals surface area (Å²) in [5, 5.41) is 3.94. The van der Waals surface area contributed by atoms with E-state index in [0.717, 1.165) is 24.1 Å². The maximum atomic E-state index is 11.2. The Morgan fingerprint density at radius 1 is 1.67 bits per heavy atom. The van der Waals surface area contributed by atoms with E-state index in [9.17, 15) is 4.79 Å². The summed E-state index contributed by atoms with van der Waals surface area (Å²) >= 11 is 1.71. The Morgan fingerprint density at radius 3 is 3.07 bits per heavy atom. The van der Waals surface area contributed by atoms with Gasteiger partial charge in [0.25, 0.3) is 0 Å². The van der Waals surface area contributed by atoms with Gasteiger partial charge in [-0.25, -0.2) is 5.43 Å². The third-order valence-corrected chi connectivity index (χ3v) is 3.51. The topological polar surface area (TPSA) is 41.5 Å². The molecule has 0 bridgehead atoms. The Morgan fingerprint density at radius 2 is 2.47 bits per heavy atom. The molecular formula is C11H14N2OS. The third-order valence-electron chi connectivity index (χ3n) is 2.35. The second-order valence-corrected chi connectivity index (χ2v) is 4.87. The van der Waals surface area contributed by atoms with E-state index < -0.39 is 0 Å². The molecule has 0 aromatic carbocycles. The van der Waals surface area contributed by atoms with Crippen molar-refractivity contribution in [3.8, 4) is 0 Å². The number of aryl methyl sites for hydroxylation is 1. The zero-order valence-corrected chi connectivity index (χ0v) is 9.51. The number of thiophene rings is 1. The van der Waals surface area contributed by atoms with E-state index in [1.807, 2.05) is 6.07 Å². The standard InChI is InChI=1S/C11H14N2OS/c1-2-9-5-6-10(15-9)7-12-13-11(14)8-3-4-8/h5-8H,2-4H2,1H3,(H,13,14)/b12-7+. The highest BCUT2D eigenvalue weighted by atomic mass is 32.1. The van der Waals surface area contributed by atoms with Crippen molar-refractivity contribution in [1.29, 1.82) is 0 Å². The van der Waals surface area contributed by atoms with Crippen LogP contribution in [0.1, 0.15) is 29.5 Å². The van der Waals surface area contributed by atoms with E-state index >= 15 is 0 Å². The lowest BCUT2D eigenvalue weighted by Gasteiger charge is -1.93.